The summed E-state index contributed by atoms with van der Waals surface area (Å²) < 4.78 is 1.98. The molecule has 1 aliphatic carbocycles. The van der Waals surface area contributed by atoms with E-state index in [2.05, 4.69) is 10.1 Å². The number of carbonyl (C=O) groups is 2. The van der Waals surface area contributed by atoms with Crippen molar-refractivity contribution in [2.45, 2.75) is 58.0 Å². The van der Waals surface area contributed by atoms with Gasteiger partial charge in [-0.15, -0.1) is 11.3 Å². The molecular formula is C20H27N5O2S. The number of piperidine rings is 1. The Kier molecular flexibility index (Phi) is 5.48. The Morgan fingerprint density at radius 1 is 1.25 bits per heavy atom. The molecule has 4 rings (SSSR count). The number of carbonyl (C=O) groups excluding carboxylic acids is 2. The highest BCUT2D eigenvalue weighted by Gasteiger charge is 2.30. The molecule has 0 N–H and O–H groups in total. The zero-order chi connectivity index (χ0) is 19.7. The maximum absolute atomic E-state index is 12.7. The predicted octanol–water partition coefficient (Wildman–Crippen LogP) is 2.35. The van der Waals surface area contributed by atoms with Gasteiger partial charge in [0.2, 0.25) is 0 Å². The number of likely N-dealkylation sites (tertiary alicyclic amines) is 1. The van der Waals surface area contributed by atoms with Gasteiger partial charge in [-0.05, 0) is 51.0 Å². The third kappa shape index (κ3) is 3.97. The van der Waals surface area contributed by atoms with E-state index in [1.165, 1.54) is 28.3 Å². The first-order chi connectivity index (χ1) is 13.5. The van der Waals surface area contributed by atoms with Crippen molar-refractivity contribution in [3.63, 3.8) is 0 Å². The summed E-state index contributed by atoms with van der Waals surface area (Å²) >= 11 is 1.69. The third-order valence-electron chi connectivity index (χ3n) is 5.65. The minimum Gasteiger partial charge on any atom is -0.334 e. The minimum absolute atomic E-state index is 0.298. The van der Waals surface area contributed by atoms with Gasteiger partial charge in [-0.3, -0.25) is 14.3 Å². The normalized spacial score (nSPS) is 17.4. The van der Waals surface area contributed by atoms with E-state index in [0.717, 1.165) is 36.3 Å². The minimum atomic E-state index is -0.443. The monoisotopic (exact) mass is 401 g/mol. The van der Waals surface area contributed by atoms with Gasteiger partial charge in [0, 0.05) is 31.2 Å². The van der Waals surface area contributed by atoms with E-state index in [-0.39, 0.29) is 0 Å². The molecule has 0 spiro atoms. The summed E-state index contributed by atoms with van der Waals surface area (Å²) in [6, 6.07) is 0.298. The number of amides is 2. The summed E-state index contributed by atoms with van der Waals surface area (Å²) in [5.74, 6) is -0.847. The molecule has 7 nitrogen and oxygen atoms in total. The molecule has 2 aromatic heterocycles. The summed E-state index contributed by atoms with van der Waals surface area (Å²) in [6.07, 6.45) is 10.1. The van der Waals surface area contributed by atoms with Crippen LogP contribution in [0.4, 0.5) is 0 Å². The van der Waals surface area contributed by atoms with Crippen molar-refractivity contribution in [1.82, 2.24) is 24.6 Å². The van der Waals surface area contributed by atoms with Crippen molar-refractivity contribution in [2.75, 3.05) is 20.1 Å². The number of fused-ring (bicyclic) bond motifs is 1. The van der Waals surface area contributed by atoms with Crippen LogP contribution in [0.15, 0.2) is 12.4 Å². The van der Waals surface area contributed by atoms with Crippen molar-refractivity contribution in [3.8, 4) is 0 Å². The second-order valence-corrected chi connectivity index (χ2v) is 9.04. The molecule has 8 heteroatoms. The zero-order valence-corrected chi connectivity index (χ0v) is 17.4. The molecule has 0 bridgehead atoms. The molecular weight excluding hydrogens is 374 g/mol. The molecule has 28 heavy (non-hydrogen) atoms. The smallest absolute Gasteiger partial charge is 0.312 e. The quantitative estimate of drug-likeness (QED) is 0.740. The van der Waals surface area contributed by atoms with Crippen LogP contribution in [0.1, 0.15) is 52.9 Å². The van der Waals surface area contributed by atoms with Crippen LogP contribution in [0, 0.1) is 6.92 Å². The SMILES string of the molecule is Cc1cnn(C2CCN(C(=O)C(=O)N(C)Cc3nc4c(s3)CCCC4)CC2)c1. The lowest BCUT2D eigenvalue weighted by molar-refractivity contribution is -0.152. The van der Waals surface area contributed by atoms with Gasteiger partial charge in [0.1, 0.15) is 5.01 Å². The van der Waals surface area contributed by atoms with Gasteiger partial charge in [-0.1, -0.05) is 0 Å². The lowest BCUT2D eigenvalue weighted by atomic mass is 10.0. The summed E-state index contributed by atoms with van der Waals surface area (Å²) in [5, 5.41) is 5.31. The lowest BCUT2D eigenvalue weighted by Gasteiger charge is -2.32. The predicted molar refractivity (Wildman–Crippen MR) is 107 cm³/mol. The number of hydrogen-bond donors (Lipinski definition) is 0. The average molecular weight is 402 g/mol. The Bertz CT molecular complexity index is 842. The van der Waals surface area contributed by atoms with Gasteiger partial charge < -0.3 is 9.80 Å². The van der Waals surface area contributed by atoms with Crippen molar-refractivity contribution in [2.24, 2.45) is 0 Å². The Morgan fingerprint density at radius 3 is 2.68 bits per heavy atom. The van der Waals surface area contributed by atoms with E-state index < -0.39 is 11.8 Å². The number of aromatic nitrogens is 3. The number of aryl methyl sites for hydroxylation is 3. The molecule has 3 heterocycles. The Morgan fingerprint density at radius 2 is 2.00 bits per heavy atom. The van der Waals surface area contributed by atoms with Crippen molar-refractivity contribution in [3.05, 3.63) is 33.5 Å². The second kappa shape index (κ2) is 8.03. The summed E-state index contributed by atoms with van der Waals surface area (Å²) in [7, 11) is 1.69. The molecule has 2 amide bonds. The molecule has 2 aromatic rings. The lowest BCUT2D eigenvalue weighted by Crippen LogP contribution is -2.47. The Labute approximate surface area is 169 Å². The van der Waals surface area contributed by atoms with E-state index in [4.69, 9.17) is 0 Å². The highest BCUT2D eigenvalue weighted by atomic mass is 32.1. The highest BCUT2D eigenvalue weighted by Crippen LogP contribution is 2.27. The number of thiazole rings is 1. The van der Waals surface area contributed by atoms with Crippen LogP contribution in [-0.4, -0.2) is 56.5 Å². The molecule has 0 atom stereocenters. The molecule has 0 saturated carbocycles. The third-order valence-corrected chi connectivity index (χ3v) is 6.79. The molecule has 1 saturated heterocycles. The fourth-order valence-corrected chi connectivity index (χ4v) is 5.22. The van der Waals surface area contributed by atoms with E-state index in [9.17, 15) is 9.59 Å². The first-order valence-electron chi connectivity index (χ1n) is 10.0. The first-order valence-corrected chi connectivity index (χ1v) is 10.9. The highest BCUT2D eigenvalue weighted by molar-refractivity contribution is 7.11. The van der Waals surface area contributed by atoms with Crippen LogP contribution in [0.2, 0.25) is 0 Å². The largest absolute Gasteiger partial charge is 0.334 e. The Balaban J connectivity index is 1.31. The molecule has 0 radical (unpaired) electrons. The summed E-state index contributed by atoms with van der Waals surface area (Å²) in [6.45, 7) is 3.61. The van der Waals surface area contributed by atoms with Gasteiger partial charge in [-0.2, -0.15) is 5.10 Å². The van der Waals surface area contributed by atoms with E-state index in [1.807, 2.05) is 24.0 Å². The first kappa shape index (κ1) is 19.1. The van der Waals surface area contributed by atoms with Crippen molar-refractivity contribution < 1.29 is 9.59 Å². The van der Waals surface area contributed by atoms with Crippen LogP contribution < -0.4 is 0 Å². The maximum Gasteiger partial charge on any atom is 0.312 e. The zero-order valence-electron chi connectivity index (χ0n) is 16.6. The average Bonchev–Trinajstić information content (AvgIpc) is 3.32. The number of nitrogens with zero attached hydrogens (tertiary/aromatic N) is 5. The summed E-state index contributed by atoms with van der Waals surface area (Å²) in [4.78, 5) is 34.5. The fraction of sp³-hybridized carbons (Fsp3) is 0.600. The standard InChI is InChI=1S/C20H27N5O2S/c1-14-11-21-25(12-14)15-7-9-24(10-8-15)20(27)19(26)23(2)13-18-22-16-5-3-4-6-17(16)28-18/h11-12,15H,3-10,13H2,1-2H3. The number of likely N-dealkylation sites (N-methyl/N-ethyl adjacent to an activating group) is 1. The van der Waals surface area contributed by atoms with Crippen LogP contribution in [0.5, 0.6) is 0 Å². The number of rotatable bonds is 3. The van der Waals surface area contributed by atoms with Gasteiger partial charge in [0.05, 0.1) is 24.5 Å². The topological polar surface area (TPSA) is 71.3 Å². The van der Waals surface area contributed by atoms with Gasteiger partial charge in [0.15, 0.2) is 0 Å². The molecule has 150 valence electrons. The van der Waals surface area contributed by atoms with E-state index >= 15 is 0 Å². The van der Waals surface area contributed by atoms with Crippen molar-refractivity contribution in [1.29, 1.82) is 0 Å². The number of hydrogen-bond acceptors (Lipinski definition) is 5. The molecule has 1 fully saturated rings. The van der Waals surface area contributed by atoms with Crippen molar-refractivity contribution >= 4 is 23.2 Å². The maximum atomic E-state index is 12.7. The molecule has 1 aliphatic heterocycles. The van der Waals surface area contributed by atoms with Crippen LogP contribution in [0.25, 0.3) is 0 Å². The second-order valence-electron chi connectivity index (χ2n) is 7.87. The van der Waals surface area contributed by atoms with E-state index in [0.29, 0.717) is 25.7 Å². The Hall–Kier alpha value is -2.22. The molecule has 0 aromatic carbocycles. The summed E-state index contributed by atoms with van der Waals surface area (Å²) in [5.41, 5.74) is 2.33. The van der Waals surface area contributed by atoms with Gasteiger partial charge in [0.25, 0.3) is 0 Å². The van der Waals surface area contributed by atoms with Crippen LogP contribution in [0.3, 0.4) is 0 Å². The van der Waals surface area contributed by atoms with Gasteiger partial charge >= 0.3 is 11.8 Å². The van der Waals surface area contributed by atoms with Crippen LogP contribution in [-0.2, 0) is 29.0 Å². The van der Waals surface area contributed by atoms with Gasteiger partial charge in [-0.25, -0.2) is 4.98 Å². The fourth-order valence-electron chi connectivity index (χ4n) is 4.01. The van der Waals surface area contributed by atoms with Crippen LogP contribution >= 0.6 is 11.3 Å². The van der Waals surface area contributed by atoms with E-state index in [1.54, 1.807) is 23.3 Å². The molecule has 2 aliphatic rings. The molecule has 0 unspecified atom stereocenters.